The lowest BCUT2D eigenvalue weighted by molar-refractivity contribution is -0.274. The lowest BCUT2D eigenvalue weighted by atomic mass is 10.0. The summed E-state index contributed by atoms with van der Waals surface area (Å²) in [4.78, 5) is 55.3. The topological polar surface area (TPSA) is 147 Å². The second kappa shape index (κ2) is 23.0. The van der Waals surface area contributed by atoms with E-state index in [9.17, 15) is 32.3 Å². The van der Waals surface area contributed by atoms with Crippen LogP contribution in [0.25, 0.3) is 5.73 Å². The van der Waals surface area contributed by atoms with Crippen LogP contribution in [0.1, 0.15) is 109 Å². The number of carbonyl (C=O) groups is 4. The maximum absolute atomic E-state index is 12.6. The summed E-state index contributed by atoms with van der Waals surface area (Å²) in [6.45, 7) is 9.27. The summed E-state index contributed by atoms with van der Waals surface area (Å²) in [5.41, 5.74) is 9.21. The van der Waals surface area contributed by atoms with Crippen molar-refractivity contribution in [3.63, 3.8) is 0 Å². The number of urea groups is 1. The molecule has 4 aliphatic rings. The fourth-order valence-corrected chi connectivity index (χ4v) is 7.91. The summed E-state index contributed by atoms with van der Waals surface area (Å²) in [5, 5.41) is 11.9. The van der Waals surface area contributed by atoms with Crippen LogP contribution in [0.4, 0.5) is 34.1 Å². The summed E-state index contributed by atoms with van der Waals surface area (Å²) >= 11 is 0. The van der Waals surface area contributed by atoms with Gasteiger partial charge in [0.25, 0.3) is 0 Å². The zero-order valence-electron chi connectivity index (χ0n) is 34.1. The van der Waals surface area contributed by atoms with Crippen molar-refractivity contribution in [1.82, 2.24) is 19.6 Å². The van der Waals surface area contributed by atoms with E-state index in [1.54, 1.807) is 0 Å². The molecular weight excluding hydrogens is 754 g/mol. The maximum Gasteiger partial charge on any atom is 0.573 e. The molecule has 2 aliphatic carbocycles. The molecule has 2 aromatic rings. The highest BCUT2D eigenvalue weighted by atomic mass is 19.4. The Kier molecular flexibility index (Phi) is 18.3. The fourth-order valence-electron chi connectivity index (χ4n) is 7.91. The van der Waals surface area contributed by atoms with Gasteiger partial charge in [-0.05, 0) is 79.7 Å². The number of halogens is 3. The predicted molar refractivity (Wildman–Crippen MR) is 218 cm³/mol. The standard InChI is InChI=1S/C22H33N3O2.C14H24N2O3.C7H5F3NO/c1-17(2)19-8-10-20(11-9-19)23-22(27)25-13-5-12-24(14-15-25)21(26)16-18-6-3-4-7-18;17-13(7-6-12-4-1-2-5-12)15-8-3-9-16(11-10-15)14(18)19;8-7(9,10)12-6-3-1-5(11)2-4-6/h8-11,17-18H,3-7,12-16H2,1-2H3,(H,23,27);12H,1-11H2,(H,18,19);1-4,11H/q;;-1. The molecule has 58 heavy (non-hydrogen) atoms. The van der Waals surface area contributed by atoms with E-state index in [2.05, 4.69) is 36.0 Å². The molecule has 2 aliphatic heterocycles. The van der Waals surface area contributed by atoms with Crippen molar-refractivity contribution in [2.24, 2.45) is 11.8 Å². The van der Waals surface area contributed by atoms with Gasteiger partial charge in [-0.2, -0.15) is 0 Å². The number of amides is 5. The second-order valence-electron chi connectivity index (χ2n) is 16.0. The third-order valence-electron chi connectivity index (χ3n) is 11.4. The van der Waals surface area contributed by atoms with Crippen LogP contribution in [0.5, 0.6) is 5.75 Å². The molecule has 12 nitrogen and oxygen atoms in total. The van der Waals surface area contributed by atoms with Crippen LogP contribution >= 0.6 is 0 Å². The number of benzene rings is 2. The monoisotopic (exact) mass is 815 g/mol. The summed E-state index contributed by atoms with van der Waals surface area (Å²) < 4.78 is 38.3. The lowest BCUT2D eigenvalue weighted by Gasteiger charge is -2.23. The molecule has 0 bridgehead atoms. The molecule has 0 spiro atoms. The van der Waals surface area contributed by atoms with E-state index in [4.69, 9.17) is 10.8 Å². The molecule has 0 aromatic heterocycles. The molecule has 15 heteroatoms. The van der Waals surface area contributed by atoms with Gasteiger partial charge in [0.1, 0.15) is 5.75 Å². The molecule has 4 fully saturated rings. The Hall–Kier alpha value is -4.69. The average Bonchev–Trinajstić information content (AvgIpc) is 3.77. The van der Waals surface area contributed by atoms with Gasteiger partial charge in [0.15, 0.2) is 0 Å². The fraction of sp³-hybridized carbons (Fsp3) is 0.628. The number of nitrogens with one attached hydrogen (secondary N) is 2. The van der Waals surface area contributed by atoms with Crippen LogP contribution in [0, 0.1) is 11.8 Å². The highest BCUT2D eigenvalue weighted by Crippen LogP contribution is 2.30. The molecule has 2 aromatic carbocycles. The third-order valence-corrected chi connectivity index (χ3v) is 11.4. The van der Waals surface area contributed by atoms with Gasteiger partial charge in [0.2, 0.25) is 11.8 Å². The first-order valence-electron chi connectivity index (χ1n) is 20.9. The van der Waals surface area contributed by atoms with Crippen molar-refractivity contribution < 1.29 is 42.2 Å². The van der Waals surface area contributed by atoms with Crippen LogP contribution in [-0.4, -0.2) is 107 Å². The number of carbonyl (C=O) groups excluding carboxylic acids is 3. The number of ether oxygens (including phenoxy) is 1. The number of nitrogens with zero attached hydrogens (tertiary/aromatic N) is 4. The first kappa shape index (κ1) is 46.0. The van der Waals surface area contributed by atoms with E-state index in [-0.39, 0.29) is 29.3 Å². The molecule has 322 valence electrons. The molecule has 2 heterocycles. The Morgan fingerprint density at radius 2 is 1.21 bits per heavy atom. The number of rotatable bonds is 8. The third kappa shape index (κ3) is 16.3. The van der Waals surface area contributed by atoms with Crippen molar-refractivity contribution in [2.75, 3.05) is 57.7 Å². The minimum atomic E-state index is -4.66. The predicted octanol–water partition coefficient (Wildman–Crippen LogP) is 9.89. The SMILES string of the molecule is CC(C)c1ccc(NC(=O)N2CCCN(C(=O)CC3CCCC3)CC2)cc1.O=C(O)N1CCCN(C(=O)CCC2CCCC2)CC1.[NH-]c1ccc(OC(F)(F)F)cc1. The molecule has 2 saturated heterocycles. The van der Waals surface area contributed by atoms with Gasteiger partial charge in [0.05, 0.1) is 0 Å². The van der Waals surface area contributed by atoms with E-state index in [1.807, 2.05) is 26.8 Å². The van der Waals surface area contributed by atoms with E-state index >= 15 is 0 Å². The smallest absolute Gasteiger partial charge is 0.573 e. The van der Waals surface area contributed by atoms with Crippen LogP contribution < -0.4 is 10.1 Å². The Balaban J connectivity index is 0.000000209. The first-order valence-corrected chi connectivity index (χ1v) is 20.9. The van der Waals surface area contributed by atoms with Gasteiger partial charge in [-0.15, -0.1) is 18.9 Å². The van der Waals surface area contributed by atoms with Crippen molar-refractivity contribution in [3.8, 4) is 5.75 Å². The molecule has 6 rings (SSSR count). The number of carboxylic acid groups (broad SMARTS) is 1. The van der Waals surface area contributed by atoms with E-state index in [1.165, 1.54) is 74.0 Å². The van der Waals surface area contributed by atoms with Crippen LogP contribution in [0.2, 0.25) is 0 Å². The first-order chi connectivity index (χ1) is 27.7. The summed E-state index contributed by atoms with van der Waals surface area (Å²) in [6, 6.07) is 12.6. The zero-order valence-corrected chi connectivity index (χ0v) is 34.1. The highest BCUT2D eigenvalue weighted by molar-refractivity contribution is 5.89. The maximum atomic E-state index is 12.6. The van der Waals surface area contributed by atoms with Gasteiger partial charge in [-0.1, -0.05) is 76.6 Å². The molecule has 3 N–H and O–H groups in total. The van der Waals surface area contributed by atoms with Crippen LogP contribution in [0.15, 0.2) is 48.5 Å². The molecule has 0 atom stereocenters. The van der Waals surface area contributed by atoms with Crippen molar-refractivity contribution >= 4 is 35.3 Å². The van der Waals surface area contributed by atoms with Crippen molar-refractivity contribution in [3.05, 3.63) is 59.8 Å². The molecule has 5 amide bonds. The molecular formula is C43H62F3N6O6-. The number of hydrogen-bond donors (Lipinski definition) is 2. The largest absolute Gasteiger partial charge is 0.699 e. The second-order valence-corrected chi connectivity index (χ2v) is 16.0. The summed E-state index contributed by atoms with van der Waals surface area (Å²) in [7, 11) is 0. The Morgan fingerprint density at radius 3 is 1.76 bits per heavy atom. The summed E-state index contributed by atoms with van der Waals surface area (Å²) in [5.74, 6) is 1.97. The molecule has 0 unspecified atom stereocenters. The normalized spacial score (nSPS) is 18.0. The van der Waals surface area contributed by atoms with Gasteiger partial charge in [-0.3, -0.25) is 9.59 Å². The van der Waals surface area contributed by atoms with Crippen LogP contribution in [-0.2, 0) is 9.59 Å². The van der Waals surface area contributed by atoms with E-state index in [0.717, 1.165) is 49.5 Å². The number of alkyl halides is 3. The van der Waals surface area contributed by atoms with Gasteiger partial charge in [0, 0.05) is 70.9 Å². The van der Waals surface area contributed by atoms with E-state index in [0.29, 0.717) is 70.5 Å². The number of hydrogen-bond acceptors (Lipinski definition) is 5. The van der Waals surface area contributed by atoms with E-state index < -0.39 is 12.5 Å². The van der Waals surface area contributed by atoms with Gasteiger partial charge >= 0.3 is 18.5 Å². The highest BCUT2D eigenvalue weighted by Gasteiger charge is 2.31. The van der Waals surface area contributed by atoms with Gasteiger partial charge in [-0.25, -0.2) is 9.59 Å². The Labute approximate surface area is 341 Å². The minimum Gasteiger partial charge on any atom is -0.699 e. The van der Waals surface area contributed by atoms with Crippen molar-refractivity contribution in [1.29, 1.82) is 0 Å². The average molecular weight is 816 g/mol. The lowest BCUT2D eigenvalue weighted by Crippen LogP contribution is -2.39. The Morgan fingerprint density at radius 1 is 0.707 bits per heavy atom. The quantitative estimate of drug-likeness (QED) is 0.271. The summed E-state index contributed by atoms with van der Waals surface area (Å²) in [6.07, 6.45) is 8.51. The molecule has 2 saturated carbocycles. The van der Waals surface area contributed by atoms with Crippen molar-refractivity contribution in [2.45, 2.75) is 110 Å². The van der Waals surface area contributed by atoms with Crippen LogP contribution in [0.3, 0.4) is 0 Å². The zero-order chi connectivity index (χ0) is 42.1. The molecule has 0 radical (unpaired) electrons. The Bertz CT molecular complexity index is 1580. The number of anilines is 1. The van der Waals surface area contributed by atoms with Gasteiger partial charge < -0.3 is 40.5 Å². The minimum absolute atomic E-state index is 0.0719.